The number of anilines is 1. The zero-order valence-corrected chi connectivity index (χ0v) is 11.4. The van der Waals surface area contributed by atoms with Crippen LogP contribution in [0, 0.1) is 0 Å². The molecule has 98 valence electrons. The van der Waals surface area contributed by atoms with Crippen molar-refractivity contribution in [2.24, 2.45) is 0 Å². The van der Waals surface area contributed by atoms with Crippen molar-refractivity contribution in [1.82, 2.24) is 0 Å². The molecule has 1 amide bonds. The Morgan fingerprint density at radius 1 is 1.16 bits per heavy atom. The highest BCUT2D eigenvalue weighted by Crippen LogP contribution is 2.26. The van der Waals surface area contributed by atoms with Crippen LogP contribution in [0.4, 0.5) is 5.69 Å². The molecule has 0 aliphatic heterocycles. The maximum absolute atomic E-state index is 11.9. The Morgan fingerprint density at radius 3 is 2.63 bits per heavy atom. The van der Waals surface area contributed by atoms with Crippen LogP contribution in [-0.4, -0.2) is 11.0 Å². The molecule has 2 N–H and O–H groups in total. The molecule has 3 nitrogen and oxygen atoms in total. The topological polar surface area (TPSA) is 49.3 Å². The number of benzene rings is 2. The Bertz CT molecular complexity index is 614. The summed E-state index contributed by atoms with van der Waals surface area (Å²) in [4.78, 5) is 11.9. The van der Waals surface area contributed by atoms with Gasteiger partial charge in [-0.05, 0) is 29.8 Å². The molecule has 19 heavy (non-hydrogen) atoms. The van der Waals surface area contributed by atoms with Crippen molar-refractivity contribution in [3.05, 3.63) is 58.1 Å². The van der Waals surface area contributed by atoms with Crippen LogP contribution in [0.1, 0.15) is 5.56 Å². The quantitative estimate of drug-likeness (QED) is 0.844. The lowest BCUT2D eigenvalue weighted by Gasteiger charge is -2.08. The standard InChI is InChI=1S/C14H11Cl2NO2/c15-10-5-6-13(18)12(8-10)17-14(19)7-9-3-1-2-4-11(9)16/h1-6,8,18H,7H2,(H,17,19). The van der Waals surface area contributed by atoms with Crippen molar-refractivity contribution in [2.75, 3.05) is 5.32 Å². The molecular weight excluding hydrogens is 285 g/mol. The minimum absolute atomic E-state index is 0.0306. The maximum Gasteiger partial charge on any atom is 0.228 e. The van der Waals surface area contributed by atoms with E-state index in [0.29, 0.717) is 10.0 Å². The summed E-state index contributed by atoms with van der Waals surface area (Å²) in [5, 5.41) is 13.2. The summed E-state index contributed by atoms with van der Waals surface area (Å²) in [5.41, 5.74) is 1.01. The van der Waals surface area contributed by atoms with Crippen LogP contribution in [-0.2, 0) is 11.2 Å². The lowest BCUT2D eigenvalue weighted by molar-refractivity contribution is -0.115. The number of halogens is 2. The van der Waals surface area contributed by atoms with E-state index in [9.17, 15) is 9.90 Å². The van der Waals surface area contributed by atoms with Gasteiger partial charge in [-0.1, -0.05) is 41.4 Å². The fourth-order valence-electron chi connectivity index (χ4n) is 1.62. The largest absolute Gasteiger partial charge is 0.506 e. The lowest BCUT2D eigenvalue weighted by atomic mass is 10.1. The molecule has 0 heterocycles. The molecule has 0 bridgehead atoms. The molecule has 0 spiro atoms. The third-order valence-electron chi connectivity index (χ3n) is 2.54. The van der Waals surface area contributed by atoms with E-state index in [2.05, 4.69) is 5.32 Å². The van der Waals surface area contributed by atoms with Gasteiger partial charge < -0.3 is 10.4 Å². The van der Waals surface area contributed by atoms with Gasteiger partial charge in [0.05, 0.1) is 12.1 Å². The molecule has 0 saturated heterocycles. The van der Waals surface area contributed by atoms with Crippen molar-refractivity contribution in [3.63, 3.8) is 0 Å². The van der Waals surface area contributed by atoms with Crippen molar-refractivity contribution in [3.8, 4) is 5.75 Å². The average molecular weight is 296 g/mol. The molecule has 0 fully saturated rings. The van der Waals surface area contributed by atoms with Crippen LogP contribution in [0.25, 0.3) is 0 Å². The van der Waals surface area contributed by atoms with E-state index in [1.807, 2.05) is 6.07 Å². The molecule has 0 aliphatic rings. The first-order valence-corrected chi connectivity index (χ1v) is 6.33. The van der Waals surface area contributed by atoms with E-state index < -0.39 is 0 Å². The van der Waals surface area contributed by atoms with E-state index in [0.717, 1.165) is 5.56 Å². The third-order valence-corrected chi connectivity index (χ3v) is 3.15. The van der Waals surface area contributed by atoms with Gasteiger partial charge in [-0.2, -0.15) is 0 Å². The van der Waals surface area contributed by atoms with E-state index in [4.69, 9.17) is 23.2 Å². The van der Waals surface area contributed by atoms with Crippen molar-refractivity contribution >= 4 is 34.8 Å². The van der Waals surface area contributed by atoms with E-state index >= 15 is 0 Å². The molecule has 5 heteroatoms. The first-order chi connectivity index (χ1) is 9.06. The van der Waals surface area contributed by atoms with Crippen LogP contribution in [0.3, 0.4) is 0 Å². The number of carbonyl (C=O) groups is 1. The van der Waals surface area contributed by atoms with Crippen LogP contribution in [0.15, 0.2) is 42.5 Å². The number of aromatic hydroxyl groups is 1. The van der Waals surface area contributed by atoms with Crippen molar-refractivity contribution in [1.29, 1.82) is 0 Å². The van der Waals surface area contributed by atoms with E-state index in [-0.39, 0.29) is 23.8 Å². The zero-order valence-electron chi connectivity index (χ0n) is 9.86. The molecule has 0 radical (unpaired) electrons. The fraction of sp³-hybridized carbons (Fsp3) is 0.0714. The molecular formula is C14H11Cl2NO2. The summed E-state index contributed by atoms with van der Waals surface area (Å²) < 4.78 is 0. The number of hydrogen-bond acceptors (Lipinski definition) is 2. The van der Waals surface area contributed by atoms with E-state index in [1.54, 1.807) is 24.3 Å². The predicted octanol–water partition coefficient (Wildman–Crippen LogP) is 3.88. The number of carbonyl (C=O) groups excluding carboxylic acids is 1. The number of rotatable bonds is 3. The van der Waals surface area contributed by atoms with Crippen LogP contribution >= 0.6 is 23.2 Å². The van der Waals surface area contributed by atoms with Gasteiger partial charge in [0.15, 0.2) is 0 Å². The van der Waals surface area contributed by atoms with Crippen LogP contribution in [0.2, 0.25) is 10.0 Å². The van der Waals surface area contributed by atoms with Gasteiger partial charge in [0.2, 0.25) is 5.91 Å². The highest BCUT2D eigenvalue weighted by molar-refractivity contribution is 6.31. The Labute approximate surface area is 120 Å². The number of phenolic OH excluding ortho intramolecular Hbond substituents is 1. The third kappa shape index (κ3) is 3.63. The zero-order chi connectivity index (χ0) is 13.8. The predicted molar refractivity (Wildman–Crippen MR) is 76.9 cm³/mol. The molecule has 2 aromatic carbocycles. The van der Waals surface area contributed by atoms with Crippen molar-refractivity contribution in [2.45, 2.75) is 6.42 Å². The first kappa shape index (κ1) is 13.7. The second-order valence-corrected chi connectivity index (χ2v) is 4.82. The van der Waals surface area contributed by atoms with Gasteiger partial charge in [0.25, 0.3) is 0 Å². The SMILES string of the molecule is O=C(Cc1ccccc1Cl)Nc1cc(Cl)ccc1O. The number of hydrogen-bond donors (Lipinski definition) is 2. The molecule has 0 aliphatic carbocycles. The van der Waals surface area contributed by atoms with Gasteiger partial charge >= 0.3 is 0 Å². The number of amides is 1. The summed E-state index contributed by atoms with van der Waals surface area (Å²) >= 11 is 11.8. The van der Waals surface area contributed by atoms with Crippen molar-refractivity contribution < 1.29 is 9.90 Å². The second kappa shape index (κ2) is 5.95. The van der Waals surface area contributed by atoms with Gasteiger partial charge in [-0.3, -0.25) is 4.79 Å². The van der Waals surface area contributed by atoms with Gasteiger partial charge in [-0.15, -0.1) is 0 Å². The molecule has 2 rings (SSSR count). The second-order valence-electron chi connectivity index (χ2n) is 3.98. The maximum atomic E-state index is 11.9. The van der Waals surface area contributed by atoms with Crippen LogP contribution in [0.5, 0.6) is 5.75 Å². The first-order valence-electron chi connectivity index (χ1n) is 5.58. The highest BCUT2D eigenvalue weighted by Gasteiger charge is 2.09. The Morgan fingerprint density at radius 2 is 1.89 bits per heavy atom. The smallest absolute Gasteiger partial charge is 0.228 e. The normalized spacial score (nSPS) is 10.2. The molecule has 0 saturated carbocycles. The highest BCUT2D eigenvalue weighted by atomic mass is 35.5. The number of phenols is 1. The molecule has 2 aromatic rings. The molecule has 0 atom stereocenters. The van der Waals surface area contributed by atoms with Gasteiger partial charge in [0, 0.05) is 10.0 Å². The molecule has 0 unspecified atom stereocenters. The Hall–Kier alpha value is -1.71. The fourth-order valence-corrected chi connectivity index (χ4v) is 1.99. The monoisotopic (exact) mass is 295 g/mol. The summed E-state index contributed by atoms with van der Waals surface area (Å²) in [7, 11) is 0. The van der Waals surface area contributed by atoms with E-state index in [1.165, 1.54) is 12.1 Å². The van der Waals surface area contributed by atoms with Gasteiger partial charge in [-0.25, -0.2) is 0 Å². The average Bonchev–Trinajstić information content (AvgIpc) is 2.37. The Kier molecular flexibility index (Phi) is 4.30. The van der Waals surface area contributed by atoms with Gasteiger partial charge in [0.1, 0.15) is 5.75 Å². The summed E-state index contributed by atoms with van der Waals surface area (Å²) in [5.74, 6) is -0.303. The van der Waals surface area contributed by atoms with Crippen LogP contribution < -0.4 is 5.32 Å². The molecule has 0 aromatic heterocycles. The summed E-state index contributed by atoms with van der Waals surface area (Å²) in [6.07, 6.45) is 0.131. The minimum Gasteiger partial charge on any atom is -0.506 e. The summed E-state index contributed by atoms with van der Waals surface area (Å²) in [6, 6.07) is 11.6. The summed E-state index contributed by atoms with van der Waals surface area (Å²) in [6.45, 7) is 0. The lowest BCUT2D eigenvalue weighted by Crippen LogP contribution is -2.14. The number of nitrogens with one attached hydrogen (secondary N) is 1. The Balaban J connectivity index is 2.10. The minimum atomic E-state index is -0.273.